The van der Waals surface area contributed by atoms with Gasteiger partial charge in [0.2, 0.25) is 0 Å². The molecule has 0 spiro atoms. The first kappa shape index (κ1) is 32.7. The molecular weight excluding hydrogens is 808 g/mol. The van der Waals surface area contributed by atoms with E-state index in [0.29, 0.717) is 17.8 Å². The molecule has 0 saturated carbocycles. The van der Waals surface area contributed by atoms with Gasteiger partial charge in [-0.1, -0.05) is 95.6 Å². The minimum absolute atomic E-state index is 0.260. The van der Waals surface area contributed by atoms with Gasteiger partial charge in [-0.2, -0.15) is 0 Å². The van der Waals surface area contributed by atoms with E-state index in [9.17, 15) is 0 Å². The van der Waals surface area contributed by atoms with Crippen molar-refractivity contribution in [3.63, 3.8) is 0 Å². The largest absolute Gasteiger partial charge is 0.396 e. The summed E-state index contributed by atoms with van der Waals surface area (Å²) in [6.07, 6.45) is 8.30. The highest BCUT2D eigenvalue weighted by molar-refractivity contribution is 9.10. The van der Waals surface area contributed by atoms with Gasteiger partial charge >= 0.3 is 0 Å². The van der Waals surface area contributed by atoms with Crippen LogP contribution in [0, 0.1) is 17.8 Å². The van der Waals surface area contributed by atoms with Gasteiger partial charge in [0.1, 0.15) is 0 Å². The normalized spacial score (nSPS) is 26.4. The van der Waals surface area contributed by atoms with Crippen LogP contribution < -0.4 is 0 Å². The summed E-state index contributed by atoms with van der Waals surface area (Å²) in [5.41, 5.74) is 0. The molecule has 0 bridgehead atoms. The summed E-state index contributed by atoms with van der Waals surface area (Å²) < 4.78 is 19.5. The standard InChI is InChI=1S/C18H30Br4O3.C4H8Br2O/c19-11-15(12-20)9-17(5-1-3-7-23-17)25-18(6-2-4-8-24-18)10-16(13-21)14-22;5-1-4(2-6)3-7/h15-16H,1-14H2;4,7H,1-3H2. The fourth-order valence-electron chi connectivity index (χ4n) is 3.88. The first-order valence-corrected chi connectivity index (χ1v) is 18.1. The molecule has 0 radical (unpaired) electrons. The number of ether oxygens (including phenoxy) is 3. The van der Waals surface area contributed by atoms with Crippen molar-refractivity contribution in [3.05, 3.63) is 0 Å². The molecule has 2 aliphatic heterocycles. The maximum absolute atomic E-state index is 8.47. The van der Waals surface area contributed by atoms with Crippen LogP contribution in [0.3, 0.4) is 0 Å². The summed E-state index contributed by atoms with van der Waals surface area (Å²) in [7, 11) is 0. The Bertz CT molecular complexity index is 410. The van der Waals surface area contributed by atoms with Crippen LogP contribution in [0.4, 0.5) is 0 Å². The summed E-state index contributed by atoms with van der Waals surface area (Å²) in [5, 5.41) is 14.0. The van der Waals surface area contributed by atoms with E-state index in [0.717, 1.165) is 96.6 Å². The molecular formula is C22H38Br6O4. The van der Waals surface area contributed by atoms with Crippen molar-refractivity contribution in [3.8, 4) is 0 Å². The van der Waals surface area contributed by atoms with Crippen LogP contribution in [-0.4, -0.2) is 68.5 Å². The lowest BCUT2D eigenvalue weighted by atomic mass is 9.92. The van der Waals surface area contributed by atoms with Gasteiger partial charge in [0.05, 0.1) is 13.2 Å². The molecule has 2 atom stereocenters. The topological polar surface area (TPSA) is 47.9 Å². The van der Waals surface area contributed by atoms with Gasteiger partial charge in [0.25, 0.3) is 0 Å². The van der Waals surface area contributed by atoms with E-state index in [4.69, 9.17) is 19.3 Å². The molecule has 2 rings (SSSR count). The van der Waals surface area contributed by atoms with Gasteiger partial charge in [-0.3, -0.25) is 0 Å². The van der Waals surface area contributed by atoms with Crippen molar-refractivity contribution in [2.24, 2.45) is 17.8 Å². The second-order valence-electron chi connectivity index (χ2n) is 8.65. The number of hydrogen-bond acceptors (Lipinski definition) is 4. The molecule has 0 aromatic rings. The van der Waals surface area contributed by atoms with Crippen molar-refractivity contribution >= 4 is 95.6 Å². The fourth-order valence-corrected chi connectivity index (χ4v) is 8.42. The summed E-state index contributed by atoms with van der Waals surface area (Å²) in [6, 6.07) is 0. The van der Waals surface area contributed by atoms with Crippen LogP contribution in [0.2, 0.25) is 0 Å². The smallest absolute Gasteiger partial charge is 0.172 e. The second kappa shape index (κ2) is 18.9. The molecule has 192 valence electrons. The maximum Gasteiger partial charge on any atom is 0.172 e. The van der Waals surface area contributed by atoms with Gasteiger partial charge in [-0.25, -0.2) is 0 Å². The monoisotopic (exact) mass is 840 g/mol. The molecule has 2 saturated heterocycles. The Morgan fingerprint density at radius 1 is 0.625 bits per heavy atom. The minimum atomic E-state index is -0.509. The third kappa shape index (κ3) is 11.8. The van der Waals surface area contributed by atoms with E-state index in [1.807, 2.05) is 0 Å². The Morgan fingerprint density at radius 2 is 1.00 bits per heavy atom. The molecule has 0 amide bonds. The highest BCUT2D eigenvalue weighted by Crippen LogP contribution is 2.43. The van der Waals surface area contributed by atoms with Crippen LogP contribution in [0.15, 0.2) is 0 Å². The predicted octanol–water partition coefficient (Wildman–Crippen LogP) is 7.77. The zero-order chi connectivity index (χ0) is 23.9. The summed E-state index contributed by atoms with van der Waals surface area (Å²) >= 11 is 21.1. The predicted molar refractivity (Wildman–Crippen MR) is 156 cm³/mol. The molecule has 2 unspecified atom stereocenters. The van der Waals surface area contributed by atoms with E-state index in [-0.39, 0.29) is 6.61 Å². The fraction of sp³-hybridized carbons (Fsp3) is 1.00. The zero-order valence-corrected chi connectivity index (χ0v) is 28.2. The number of alkyl halides is 6. The maximum atomic E-state index is 8.47. The molecule has 4 nitrogen and oxygen atoms in total. The summed E-state index contributed by atoms with van der Waals surface area (Å²) in [5.74, 6) is 0.333. The van der Waals surface area contributed by atoms with Crippen molar-refractivity contribution in [1.82, 2.24) is 0 Å². The van der Waals surface area contributed by atoms with E-state index in [2.05, 4.69) is 95.6 Å². The molecule has 10 heteroatoms. The second-order valence-corrected chi connectivity index (χ2v) is 12.5. The lowest BCUT2D eigenvalue weighted by Gasteiger charge is -2.48. The molecule has 0 aromatic heterocycles. The minimum Gasteiger partial charge on any atom is -0.396 e. The SMILES string of the molecule is BrCC(CBr)CC1(OC2(CC(CBr)CBr)CCCCO2)CCCCO1.OCC(CBr)CBr. The number of hydrogen-bond donors (Lipinski definition) is 1. The Balaban J connectivity index is 0.000000633. The van der Waals surface area contributed by atoms with Crippen LogP contribution in [0.5, 0.6) is 0 Å². The van der Waals surface area contributed by atoms with E-state index < -0.39 is 11.6 Å². The first-order chi connectivity index (χ1) is 15.5. The van der Waals surface area contributed by atoms with Crippen LogP contribution in [-0.2, 0) is 14.2 Å². The molecule has 0 aliphatic carbocycles. The first-order valence-electron chi connectivity index (χ1n) is 11.4. The number of halogens is 6. The number of rotatable bonds is 13. The van der Waals surface area contributed by atoms with Crippen LogP contribution in [0.1, 0.15) is 51.4 Å². The lowest BCUT2D eigenvalue weighted by Crippen LogP contribution is -2.52. The molecule has 2 heterocycles. The Labute approximate surface area is 245 Å². The average molecular weight is 846 g/mol. The van der Waals surface area contributed by atoms with Crippen molar-refractivity contribution < 1.29 is 19.3 Å². The third-order valence-corrected chi connectivity index (χ3v) is 11.3. The Morgan fingerprint density at radius 3 is 1.22 bits per heavy atom. The Hall–Kier alpha value is 2.72. The van der Waals surface area contributed by atoms with Gasteiger partial charge in [-0.05, 0) is 37.5 Å². The molecule has 2 fully saturated rings. The van der Waals surface area contributed by atoms with Crippen molar-refractivity contribution in [1.29, 1.82) is 0 Å². The van der Waals surface area contributed by atoms with Gasteiger partial charge < -0.3 is 19.3 Å². The van der Waals surface area contributed by atoms with Crippen molar-refractivity contribution in [2.45, 2.75) is 62.9 Å². The molecule has 32 heavy (non-hydrogen) atoms. The lowest BCUT2D eigenvalue weighted by molar-refractivity contribution is -0.383. The summed E-state index contributed by atoms with van der Waals surface area (Å²) in [4.78, 5) is 0. The molecule has 2 aliphatic rings. The van der Waals surface area contributed by atoms with Gasteiger partial charge in [0.15, 0.2) is 11.6 Å². The highest BCUT2D eigenvalue weighted by atomic mass is 79.9. The van der Waals surface area contributed by atoms with Crippen molar-refractivity contribution in [2.75, 3.05) is 51.8 Å². The number of aliphatic hydroxyl groups excluding tert-OH is 1. The van der Waals surface area contributed by atoms with E-state index in [1.54, 1.807) is 0 Å². The van der Waals surface area contributed by atoms with Crippen LogP contribution >= 0.6 is 95.6 Å². The van der Waals surface area contributed by atoms with E-state index >= 15 is 0 Å². The average Bonchev–Trinajstić information content (AvgIpc) is 2.83. The quantitative estimate of drug-likeness (QED) is 0.193. The van der Waals surface area contributed by atoms with Gasteiger partial charge in [-0.15, -0.1) is 0 Å². The third-order valence-electron chi connectivity index (χ3n) is 5.77. The van der Waals surface area contributed by atoms with E-state index in [1.165, 1.54) is 0 Å². The van der Waals surface area contributed by atoms with Gasteiger partial charge in [0, 0.05) is 70.2 Å². The molecule has 0 aromatic carbocycles. The number of aliphatic hydroxyl groups is 1. The summed E-state index contributed by atoms with van der Waals surface area (Å²) in [6.45, 7) is 1.83. The zero-order valence-electron chi connectivity index (χ0n) is 18.7. The molecule has 1 N–H and O–H groups in total. The van der Waals surface area contributed by atoms with Crippen LogP contribution in [0.25, 0.3) is 0 Å². The highest BCUT2D eigenvalue weighted by Gasteiger charge is 2.47. The Kier molecular flexibility index (Phi) is 19.3.